The Bertz CT molecular complexity index is 500. The largest absolute Gasteiger partial charge is 0.369 e. The third-order valence-corrected chi connectivity index (χ3v) is 1.80. The van der Waals surface area contributed by atoms with Crippen LogP contribution in [0.3, 0.4) is 0 Å². The van der Waals surface area contributed by atoms with Gasteiger partial charge < -0.3 is 11.5 Å². The number of nitrogens with two attached hydrogens (primary N) is 2. The van der Waals surface area contributed by atoms with Crippen LogP contribution in [-0.4, -0.2) is 17.0 Å². The van der Waals surface area contributed by atoms with E-state index in [4.69, 9.17) is 11.5 Å². The molecule has 88 valence electrons. The number of nitrogens with one attached hydrogen (secondary N) is 1. The van der Waals surface area contributed by atoms with Crippen LogP contribution in [0.5, 0.6) is 0 Å². The minimum Gasteiger partial charge on any atom is -0.369 e. The van der Waals surface area contributed by atoms with E-state index in [0.29, 0.717) is 0 Å². The zero-order valence-electron chi connectivity index (χ0n) is 9.34. The second-order valence-corrected chi connectivity index (χ2v) is 3.15. The molecule has 6 heteroatoms. The van der Waals surface area contributed by atoms with Crippen LogP contribution >= 0.6 is 0 Å². The fraction of sp³-hybridized carbons (Fsp3) is 0.0909. The van der Waals surface area contributed by atoms with E-state index in [1.807, 2.05) is 19.1 Å². The maximum atomic E-state index is 10.4. The first-order valence-electron chi connectivity index (χ1n) is 4.82. The SMILES string of the molecule is Cc1cccnc1C=C=CN=C(N)NC(N)=O. The standard InChI is InChI=1S/C11H13N5O/c1-8-4-2-6-14-9(8)5-3-7-15-10(12)16-11(13)17/h2,4-7H,1H3,(H5,12,13,15,16,17). The number of guanidine groups is 1. The Balaban J connectivity index is 2.72. The van der Waals surface area contributed by atoms with E-state index in [9.17, 15) is 4.79 Å². The van der Waals surface area contributed by atoms with Crippen LogP contribution in [-0.2, 0) is 0 Å². The molecule has 5 N–H and O–H groups in total. The van der Waals surface area contributed by atoms with Crippen molar-refractivity contribution >= 4 is 18.1 Å². The molecule has 0 aliphatic carbocycles. The number of carbonyl (C=O) groups is 1. The van der Waals surface area contributed by atoms with Crippen molar-refractivity contribution in [2.75, 3.05) is 0 Å². The lowest BCUT2D eigenvalue weighted by Gasteiger charge is -1.96. The van der Waals surface area contributed by atoms with Gasteiger partial charge in [-0.25, -0.2) is 9.79 Å². The first-order valence-corrected chi connectivity index (χ1v) is 4.82. The lowest BCUT2D eigenvalue weighted by molar-refractivity contribution is 0.253. The zero-order valence-corrected chi connectivity index (χ0v) is 9.34. The van der Waals surface area contributed by atoms with E-state index in [2.05, 4.69) is 21.0 Å². The Morgan fingerprint density at radius 1 is 1.59 bits per heavy atom. The third kappa shape index (κ3) is 4.63. The number of pyridine rings is 1. The van der Waals surface area contributed by atoms with Crippen molar-refractivity contribution in [3.63, 3.8) is 0 Å². The van der Waals surface area contributed by atoms with Crippen molar-refractivity contribution in [2.24, 2.45) is 16.5 Å². The molecule has 1 aromatic heterocycles. The van der Waals surface area contributed by atoms with Crippen molar-refractivity contribution in [3.8, 4) is 0 Å². The lowest BCUT2D eigenvalue weighted by atomic mass is 10.2. The van der Waals surface area contributed by atoms with Crippen LogP contribution in [0.4, 0.5) is 4.79 Å². The van der Waals surface area contributed by atoms with Gasteiger partial charge in [0.15, 0.2) is 0 Å². The molecule has 0 aliphatic heterocycles. The predicted molar refractivity (Wildman–Crippen MR) is 65.9 cm³/mol. The lowest BCUT2D eigenvalue weighted by Crippen LogP contribution is -2.39. The van der Waals surface area contributed by atoms with Crippen LogP contribution in [0.2, 0.25) is 0 Å². The summed E-state index contributed by atoms with van der Waals surface area (Å²) in [5, 5.41) is 2.12. The molecular formula is C11H13N5O. The van der Waals surface area contributed by atoms with Crippen molar-refractivity contribution in [1.82, 2.24) is 10.3 Å². The van der Waals surface area contributed by atoms with E-state index < -0.39 is 6.03 Å². The molecule has 0 saturated carbocycles. The van der Waals surface area contributed by atoms with Crippen molar-refractivity contribution < 1.29 is 4.79 Å². The van der Waals surface area contributed by atoms with Gasteiger partial charge in [-0.15, -0.1) is 0 Å². The summed E-state index contributed by atoms with van der Waals surface area (Å²) in [6, 6.07) is 3.03. The molecule has 2 amide bonds. The fourth-order valence-corrected chi connectivity index (χ4v) is 1.03. The first-order chi connectivity index (χ1) is 8.09. The van der Waals surface area contributed by atoms with Gasteiger partial charge in [0.05, 0.1) is 11.9 Å². The molecule has 0 aromatic carbocycles. The predicted octanol–water partition coefficient (Wildman–Crippen LogP) is 0.499. The molecule has 0 atom stereocenters. The van der Waals surface area contributed by atoms with Gasteiger partial charge in [-0.1, -0.05) is 11.8 Å². The number of amides is 2. The number of hydrogen-bond donors (Lipinski definition) is 3. The summed E-state index contributed by atoms with van der Waals surface area (Å²) >= 11 is 0. The number of aromatic nitrogens is 1. The smallest absolute Gasteiger partial charge is 0.318 e. The van der Waals surface area contributed by atoms with E-state index >= 15 is 0 Å². The van der Waals surface area contributed by atoms with Crippen LogP contribution < -0.4 is 16.8 Å². The molecule has 0 radical (unpaired) electrons. The van der Waals surface area contributed by atoms with Gasteiger partial charge in [-0.2, -0.15) is 0 Å². The topological polar surface area (TPSA) is 106 Å². The molecule has 1 rings (SSSR count). The maximum Gasteiger partial charge on any atom is 0.318 e. The van der Waals surface area contributed by atoms with Crippen molar-refractivity contribution in [2.45, 2.75) is 6.92 Å². The van der Waals surface area contributed by atoms with Crippen LogP contribution in [0.25, 0.3) is 6.08 Å². The molecular weight excluding hydrogens is 218 g/mol. The molecule has 0 aliphatic rings. The second kappa shape index (κ2) is 6.09. The van der Waals surface area contributed by atoms with Crippen molar-refractivity contribution in [3.05, 3.63) is 41.5 Å². The Hall–Kier alpha value is -2.59. The monoisotopic (exact) mass is 231 g/mol. The molecule has 6 nitrogen and oxygen atoms in total. The fourth-order valence-electron chi connectivity index (χ4n) is 1.03. The number of rotatable bonds is 2. The Morgan fingerprint density at radius 3 is 3.00 bits per heavy atom. The van der Waals surface area contributed by atoms with E-state index in [1.54, 1.807) is 12.3 Å². The Kier molecular flexibility index (Phi) is 4.47. The van der Waals surface area contributed by atoms with Crippen LogP contribution in [0, 0.1) is 6.92 Å². The molecule has 1 heterocycles. The van der Waals surface area contributed by atoms with Crippen molar-refractivity contribution in [1.29, 1.82) is 0 Å². The molecule has 0 saturated heterocycles. The van der Waals surface area contributed by atoms with E-state index in [0.717, 1.165) is 11.3 Å². The number of aliphatic imine (C=N–C) groups is 1. The summed E-state index contributed by atoms with van der Waals surface area (Å²) in [4.78, 5) is 18.2. The highest BCUT2D eigenvalue weighted by Gasteiger charge is 1.92. The third-order valence-electron chi connectivity index (χ3n) is 1.80. The number of urea groups is 1. The molecule has 0 unspecified atom stereocenters. The maximum absolute atomic E-state index is 10.4. The molecule has 1 aromatic rings. The Morgan fingerprint density at radius 2 is 2.35 bits per heavy atom. The normalized spacial score (nSPS) is 10.3. The number of aryl methyl sites for hydroxylation is 1. The minimum atomic E-state index is -0.760. The van der Waals surface area contributed by atoms with Crippen LogP contribution in [0.1, 0.15) is 11.3 Å². The highest BCUT2D eigenvalue weighted by Crippen LogP contribution is 2.03. The number of hydrogen-bond acceptors (Lipinski definition) is 3. The van der Waals surface area contributed by atoms with Gasteiger partial charge in [0.2, 0.25) is 5.96 Å². The molecule has 0 fully saturated rings. The minimum absolute atomic E-state index is 0.0869. The molecule has 0 spiro atoms. The summed E-state index contributed by atoms with van der Waals surface area (Å²) in [5.41, 5.74) is 14.8. The zero-order chi connectivity index (χ0) is 12.7. The van der Waals surface area contributed by atoms with Gasteiger partial charge in [-0.05, 0) is 18.6 Å². The average molecular weight is 231 g/mol. The number of carbonyl (C=O) groups excluding carboxylic acids is 1. The first kappa shape index (κ1) is 12.5. The molecule has 0 bridgehead atoms. The highest BCUT2D eigenvalue weighted by molar-refractivity contribution is 5.94. The summed E-state index contributed by atoms with van der Waals surface area (Å²) in [7, 11) is 0. The summed E-state index contributed by atoms with van der Waals surface area (Å²) in [5.74, 6) is -0.0869. The van der Waals surface area contributed by atoms with Gasteiger partial charge >= 0.3 is 6.03 Å². The highest BCUT2D eigenvalue weighted by atomic mass is 16.2. The summed E-state index contributed by atoms with van der Waals surface area (Å²) < 4.78 is 0. The Labute approximate surface area is 98.7 Å². The van der Waals surface area contributed by atoms with E-state index in [-0.39, 0.29) is 5.96 Å². The number of nitrogens with zero attached hydrogens (tertiary/aromatic N) is 2. The van der Waals surface area contributed by atoms with Gasteiger partial charge in [0.25, 0.3) is 0 Å². The summed E-state index contributed by atoms with van der Waals surface area (Å²) in [6.07, 6.45) is 4.67. The van der Waals surface area contributed by atoms with E-state index in [1.165, 1.54) is 6.20 Å². The molecule has 17 heavy (non-hydrogen) atoms. The second-order valence-electron chi connectivity index (χ2n) is 3.15. The average Bonchev–Trinajstić information content (AvgIpc) is 2.25. The van der Waals surface area contributed by atoms with Gasteiger partial charge in [0.1, 0.15) is 0 Å². The van der Waals surface area contributed by atoms with Gasteiger partial charge in [0, 0.05) is 12.3 Å². The summed E-state index contributed by atoms with van der Waals surface area (Å²) in [6.45, 7) is 1.94. The quantitative estimate of drug-likeness (QED) is 0.392. The number of primary amides is 1. The van der Waals surface area contributed by atoms with Crippen LogP contribution in [0.15, 0.2) is 35.3 Å². The van der Waals surface area contributed by atoms with Gasteiger partial charge in [-0.3, -0.25) is 10.3 Å².